The van der Waals surface area contributed by atoms with Gasteiger partial charge in [0.1, 0.15) is 11.9 Å². The van der Waals surface area contributed by atoms with Crippen LogP contribution in [0.2, 0.25) is 0 Å². The Morgan fingerprint density at radius 2 is 1.95 bits per heavy atom. The summed E-state index contributed by atoms with van der Waals surface area (Å²) in [6.07, 6.45) is 5.00. The van der Waals surface area contributed by atoms with Gasteiger partial charge in [0.05, 0.1) is 12.6 Å². The topological polar surface area (TPSA) is 44.5 Å². The van der Waals surface area contributed by atoms with E-state index in [1.807, 2.05) is 24.3 Å². The van der Waals surface area contributed by atoms with Crippen LogP contribution in [0.4, 0.5) is 0 Å². The molecular weight excluding hydrogens is 238 g/mol. The van der Waals surface area contributed by atoms with Gasteiger partial charge in [0, 0.05) is 19.1 Å². The molecule has 0 radical (unpaired) electrons. The van der Waals surface area contributed by atoms with E-state index >= 15 is 0 Å². The number of rotatable bonds is 3. The first-order valence-corrected chi connectivity index (χ1v) is 6.80. The molecule has 2 rings (SSSR count). The van der Waals surface area contributed by atoms with Gasteiger partial charge in [0.25, 0.3) is 0 Å². The lowest BCUT2D eigenvalue weighted by atomic mass is 9.95. The summed E-state index contributed by atoms with van der Waals surface area (Å²) in [6, 6.07) is 7.87. The van der Waals surface area contributed by atoms with Gasteiger partial charge in [-0.2, -0.15) is 0 Å². The van der Waals surface area contributed by atoms with E-state index in [9.17, 15) is 0 Å². The Morgan fingerprint density at radius 3 is 2.63 bits per heavy atom. The highest BCUT2D eigenvalue weighted by Crippen LogP contribution is 2.25. The van der Waals surface area contributed by atoms with Gasteiger partial charge in [-0.15, -0.1) is 0 Å². The van der Waals surface area contributed by atoms with Crippen molar-refractivity contribution >= 4 is 0 Å². The molecule has 102 valence electrons. The van der Waals surface area contributed by atoms with Crippen molar-refractivity contribution in [1.82, 2.24) is 0 Å². The minimum Gasteiger partial charge on any atom is -0.490 e. The Kier molecular flexibility index (Phi) is 5.26. The second-order valence-corrected chi connectivity index (χ2v) is 4.79. The van der Waals surface area contributed by atoms with Crippen LogP contribution in [0.5, 0.6) is 5.75 Å². The molecule has 0 aromatic heterocycles. The van der Waals surface area contributed by atoms with Crippen molar-refractivity contribution in [1.29, 1.82) is 0 Å². The Hall–Kier alpha value is -1.50. The number of nitrogens with two attached hydrogens (primary N) is 1. The molecule has 2 N–H and O–H groups in total. The molecule has 3 nitrogen and oxygen atoms in total. The summed E-state index contributed by atoms with van der Waals surface area (Å²) in [7, 11) is 1.78. The summed E-state index contributed by atoms with van der Waals surface area (Å²) in [5, 5.41) is 0. The van der Waals surface area contributed by atoms with Crippen LogP contribution in [0.1, 0.15) is 31.2 Å². The van der Waals surface area contributed by atoms with E-state index in [1.54, 1.807) is 7.11 Å². The van der Waals surface area contributed by atoms with E-state index in [2.05, 4.69) is 11.8 Å². The average Bonchev–Trinajstić information content (AvgIpc) is 2.47. The molecule has 0 amide bonds. The molecule has 1 fully saturated rings. The van der Waals surface area contributed by atoms with Crippen molar-refractivity contribution in [3.05, 3.63) is 29.8 Å². The highest BCUT2D eigenvalue weighted by molar-refractivity contribution is 5.38. The zero-order valence-corrected chi connectivity index (χ0v) is 11.4. The number of hydrogen-bond acceptors (Lipinski definition) is 3. The van der Waals surface area contributed by atoms with Crippen LogP contribution < -0.4 is 10.5 Å². The molecule has 0 spiro atoms. The lowest BCUT2D eigenvalue weighted by molar-refractivity contribution is 0.0210. The van der Waals surface area contributed by atoms with Gasteiger partial charge in [-0.1, -0.05) is 11.8 Å². The van der Waals surface area contributed by atoms with Gasteiger partial charge in [-0.25, -0.2) is 0 Å². The van der Waals surface area contributed by atoms with E-state index in [0.29, 0.717) is 12.6 Å². The number of ether oxygens (including phenoxy) is 2. The van der Waals surface area contributed by atoms with Crippen LogP contribution >= 0.6 is 0 Å². The summed E-state index contributed by atoms with van der Waals surface area (Å²) >= 11 is 0. The predicted molar refractivity (Wildman–Crippen MR) is 76.1 cm³/mol. The Labute approximate surface area is 115 Å². The molecule has 0 aliphatic heterocycles. The monoisotopic (exact) mass is 259 g/mol. The predicted octanol–water partition coefficient (Wildman–Crippen LogP) is 2.33. The normalized spacial score (nSPS) is 22.4. The van der Waals surface area contributed by atoms with Gasteiger partial charge < -0.3 is 15.2 Å². The smallest absolute Gasteiger partial charge is 0.119 e. The molecular formula is C16H21NO2. The molecule has 1 saturated carbocycles. The van der Waals surface area contributed by atoms with E-state index < -0.39 is 0 Å². The highest BCUT2D eigenvalue weighted by atomic mass is 16.5. The van der Waals surface area contributed by atoms with E-state index in [4.69, 9.17) is 15.2 Å². The number of methoxy groups -OCH3 is 1. The zero-order valence-electron chi connectivity index (χ0n) is 11.4. The van der Waals surface area contributed by atoms with Crippen molar-refractivity contribution in [2.45, 2.75) is 37.9 Å². The van der Waals surface area contributed by atoms with Crippen molar-refractivity contribution < 1.29 is 9.47 Å². The number of hydrogen-bond donors (Lipinski definition) is 1. The molecule has 1 aliphatic rings. The molecule has 0 saturated heterocycles. The third kappa shape index (κ3) is 4.27. The molecule has 19 heavy (non-hydrogen) atoms. The Balaban J connectivity index is 1.92. The third-order valence-corrected chi connectivity index (χ3v) is 3.40. The van der Waals surface area contributed by atoms with Crippen molar-refractivity contribution in [3.63, 3.8) is 0 Å². The van der Waals surface area contributed by atoms with Crippen LogP contribution in [0.3, 0.4) is 0 Å². The standard InChI is InChI=1S/C16H21NO2/c1-18-15-5-2-6-16(12-15)19-14-9-7-13(8-10-14)4-3-11-17/h7-10,15-16H,2,5-6,11-12,17H2,1H3. The highest BCUT2D eigenvalue weighted by Gasteiger charge is 2.22. The van der Waals surface area contributed by atoms with Crippen LogP contribution in [0, 0.1) is 11.8 Å². The summed E-state index contributed by atoms with van der Waals surface area (Å²) in [4.78, 5) is 0. The minimum atomic E-state index is 0.264. The fourth-order valence-electron chi connectivity index (χ4n) is 2.39. The first-order valence-electron chi connectivity index (χ1n) is 6.80. The molecule has 0 bridgehead atoms. The molecule has 2 atom stereocenters. The Bertz CT molecular complexity index is 444. The average molecular weight is 259 g/mol. The summed E-state index contributed by atoms with van der Waals surface area (Å²) in [5.74, 6) is 6.74. The van der Waals surface area contributed by atoms with Gasteiger partial charge in [-0.05, 0) is 43.5 Å². The van der Waals surface area contributed by atoms with Crippen molar-refractivity contribution in [2.75, 3.05) is 13.7 Å². The fraction of sp³-hybridized carbons (Fsp3) is 0.500. The SMILES string of the molecule is COC1CCCC(Oc2ccc(C#CCN)cc2)C1. The first-order chi connectivity index (χ1) is 9.31. The second-order valence-electron chi connectivity index (χ2n) is 4.79. The maximum absolute atomic E-state index is 5.99. The lowest BCUT2D eigenvalue weighted by Gasteiger charge is -2.28. The number of benzene rings is 1. The van der Waals surface area contributed by atoms with E-state index in [0.717, 1.165) is 30.6 Å². The maximum Gasteiger partial charge on any atom is 0.119 e. The molecule has 1 aliphatic carbocycles. The van der Waals surface area contributed by atoms with E-state index in [1.165, 1.54) is 6.42 Å². The van der Waals surface area contributed by atoms with Crippen LogP contribution in [-0.2, 0) is 4.74 Å². The first kappa shape index (κ1) is 13.9. The maximum atomic E-state index is 5.99. The fourth-order valence-corrected chi connectivity index (χ4v) is 2.39. The van der Waals surface area contributed by atoms with Gasteiger partial charge in [0.2, 0.25) is 0 Å². The quantitative estimate of drug-likeness (QED) is 0.847. The zero-order chi connectivity index (χ0) is 13.5. The van der Waals surface area contributed by atoms with Crippen LogP contribution in [0.15, 0.2) is 24.3 Å². The van der Waals surface area contributed by atoms with Crippen LogP contribution in [-0.4, -0.2) is 25.9 Å². The Morgan fingerprint density at radius 1 is 1.21 bits per heavy atom. The van der Waals surface area contributed by atoms with Crippen molar-refractivity contribution in [2.24, 2.45) is 5.73 Å². The second kappa shape index (κ2) is 7.18. The molecule has 3 heteroatoms. The summed E-state index contributed by atoms with van der Waals surface area (Å²) in [6.45, 7) is 0.388. The lowest BCUT2D eigenvalue weighted by Crippen LogP contribution is -2.29. The van der Waals surface area contributed by atoms with Gasteiger partial charge in [-0.3, -0.25) is 0 Å². The van der Waals surface area contributed by atoms with Crippen molar-refractivity contribution in [3.8, 4) is 17.6 Å². The third-order valence-electron chi connectivity index (χ3n) is 3.40. The van der Waals surface area contributed by atoms with Crippen LogP contribution in [0.25, 0.3) is 0 Å². The molecule has 1 aromatic rings. The largest absolute Gasteiger partial charge is 0.490 e. The molecule has 0 heterocycles. The summed E-state index contributed by atoms with van der Waals surface area (Å²) in [5.41, 5.74) is 6.31. The van der Waals surface area contributed by atoms with Gasteiger partial charge in [0.15, 0.2) is 0 Å². The van der Waals surface area contributed by atoms with Gasteiger partial charge >= 0.3 is 0 Å². The molecule has 1 aromatic carbocycles. The molecule has 2 unspecified atom stereocenters. The minimum absolute atomic E-state index is 0.264. The van der Waals surface area contributed by atoms with E-state index in [-0.39, 0.29) is 6.10 Å². The summed E-state index contributed by atoms with van der Waals surface area (Å²) < 4.78 is 11.4.